The molecule has 0 saturated carbocycles. The summed E-state index contributed by atoms with van der Waals surface area (Å²) in [5, 5.41) is 5.62. The summed E-state index contributed by atoms with van der Waals surface area (Å²) in [5.41, 5.74) is 3.83. The van der Waals surface area contributed by atoms with E-state index in [9.17, 15) is 4.79 Å². The van der Waals surface area contributed by atoms with Gasteiger partial charge in [0.1, 0.15) is 5.82 Å². The number of H-pyrrole nitrogens is 1. The van der Waals surface area contributed by atoms with Gasteiger partial charge in [-0.15, -0.1) is 0 Å². The van der Waals surface area contributed by atoms with Gasteiger partial charge in [0.05, 0.1) is 38.1 Å². The predicted octanol–water partition coefficient (Wildman–Crippen LogP) is 4.90. The molecule has 0 aliphatic carbocycles. The zero-order valence-corrected chi connectivity index (χ0v) is 17.4. The van der Waals surface area contributed by atoms with Crippen molar-refractivity contribution in [3.63, 3.8) is 0 Å². The maximum Gasteiger partial charge on any atom is 0.323 e. The van der Waals surface area contributed by atoms with Crippen molar-refractivity contribution in [2.45, 2.75) is 0 Å². The predicted molar refractivity (Wildman–Crippen MR) is 120 cm³/mol. The molecule has 2 amide bonds. The zero-order chi connectivity index (χ0) is 21.8. The molecule has 4 aromatic rings. The Labute approximate surface area is 179 Å². The number of amides is 2. The number of aromatic amines is 1. The number of imidazole rings is 1. The van der Waals surface area contributed by atoms with Crippen molar-refractivity contribution >= 4 is 28.4 Å². The molecule has 1 heterocycles. The number of carbonyl (C=O) groups is 1. The number of anilines is 2. The molecule has 8 heteroatoms. The first kappa shape index (κ1) is 20.1. The smallest absolute Gasteiger partial charge is 0.323 e. The Morgan fingerprint density at radius 2 is 1.55 bits per heavy atom. The van der Waals surface area contributed by atoms with Gasteiger partial charge in [-0.1, -0.05) is 24.3 Å². The summed E-state index contributed by atoms with van der Waals surface area (Å²) in [5.74, 6) is 2.08. The van der Waals surface area contributed by atoms with Gasteiger partial charge < -0.3 is 29.8 Å². The quantitative estimate of drug-likeness (QED) is 0.414. The van der Waals surface area contributed by atoms with E-state index in [-0.39, 0.29) is 0 Å². The van der Waals surface area contributed by atoms with Crippen LogP contribution in [-0.2, 0) is 0 Å². The maximum absolute atomic E-state index is 12.6. The van der Waals surface area contributed by atoms with Crippen molar-refractivity contribution in [3.8, 4) is 28.6 Å². The van der Waals surface area contributed by atoms with Gasteiger partial charge in [-0.05, 0) is 24.3 Å². The van der Waals surface area contributed by atoms with Crippen LogP contribution in [0.4, 0.5) is 16.2 Å². The molecule has 0 bridgehead atoms. The second-order valence-electron chi connectivity index (χ2n) is 6.68. The third-order valence-electron chi connectivity index (χ3n) is 4.71. The summed E-state index contributed by atoms with van der Waals surface area (Å²) in [4.78, 5) is 20.5. The van der Waals surface area contributed by atoms with E-state index in [0.717, 1.165) is 22.4 Å². The number of carbonyl (C=O) groups excluding carboxylic acids is 1. The highest BCUT2D eigenvalue weighted by Crippen LogP contribution is 2.40. The van der Waals surface area contributed by atoms with Crippen molar-refractivity contribution in [2.75, 3.05) is 32.0 Å². The second-order valence-corrected chi connectivity index (χ2v) is 6.68. The van der Waals surface area contributed by atoms with Crippen LogP contribution in [0, 0.1) is 0 Å². The fourth-order valence-electron chi connectivity index (χ4n) is 3.28. The number of benzene rings is 3. The maximum atomic E-state index is 12.6. The summed E-state index contributed by atoms with van der Waals surface area (Å²) >= 11 is 0. The Balaban J connectivity index is 1.52. The molecule has 0 fully saturated rings. The standard InChI is InChI=1S/C23H22N4O4/c1-29-19-12-16(13-20(30-2)21(19)31-3)25-23(28)24-15-8-6-7-14(11-15)22-26-17-9-4-5-10-18(17)27-22/h4-13H,1-3H3,(H,26,27)(H2,24,25,28). The highest BCUT2D eigenvalue weighted by Gasteiger charge is 2.15. The first-order valence-corrected chi connectivity index (χ1v) is 9.54. The number of para-hydroxylation sites is 2. The van der Waals surface area contributed by atoms with Gasteiger partial charge in [0.2, 0.25) is 5.75 Å². The summed E-state index contributed by atoms with van der Waals surface area (Å²) in [6, 6.07) is 18.2. The molecular weight excluding hydrogens is 396 g/mol. The molecule has 31 heavy (non-hydrogen) atoms. The van der Waals surface area contributed by atoms with E-state index < -0.39 is 6.03 Å². The van der Waals surface area contributed by atoms with Gasteiger partial charge in [0.15, 0.2) is 11.5 Å². The number of nitrogens with zero attached hydrogens (tertiary/aromatic N) is 1. The first-order valence-electron chi connectivity index (χ1n) is 9.54. The molecule has 3 N–H and O–H groups in total. The minimum absolute atomic E-state index is 0.406. The number of aromatic nitrogens is 2. The summed E-state index contributed by atoms with van der Waals surface area (Å²) in [6.45, 7) is 0. The molecule has 8 nitrogen and oxygen atoms in total. The lowest BCUT2D eigenvalue weighted by atomic mass is 10.2. The van der Waals surface area contributed by atoms with Crippen molar-refractivity contribution < 1.29 is 19.0 Å². The molecule has 0 spiro atoms. The van der Waals surface area contributed by atoms with Crippen LogP contribution in [0.2, 0.25) is 0 Å². The van der Waals surface area contributed by atoms with E-state index in [1.54, 1.807) is 18.2 Å². The fraction of sp³-hybridized carbons (Fsp3) is 0.130. The number of hydrogen-bond donors (Lipinski definition) is 3. The third kappa shape index (κ3) is 4.23. The minimum atomic E-state index is -0.406. The van der Waals surface area contributed by atoms with Gasteiger partial charge in [0, 0.05) is 23.4 Å². The Bertz CT molecular complexity index is 1180. The molecule has 1 aromatic heterocycles. The summed E-state index contributed by atoms with van der Waals surface area (Å²) in [7, 11) is 4.56. The van der Waals surface area contributed by atoms with Gasteiger partial charge >= 0.3 is 6.03 Å². The van der Waals surface area contributed by atoms with Crippen LogP contribution >= 0.6 is 0 Å². The molecule has 0 radical (unpaired) electrons. The first-order chi connectivity index (χ1) is 15.1. The Morgan fingerprint density at radius 3 is 2.23 bits per heavy atom. The van der Waals surface area contributed by atoms with Crippen LogP contribution in [0.25, 0.3) is 22.4 Å². The Hall–Kier alpha value is -4.20. The SMILES string of the molecule is COc1cc(NC(=O)Nc2cccc(-c3nc4ccccc4[nH]3)c2)cc(OC)c1OC. The monoisotopic (exact) mass is 418 g/mol. The Kier molecular flexibility index (Phi) is 5.61. The van der Waals surface area contributed by atoms with E-state index in [2.05, 4.69) is 20.6 Å². The number of rotatable bonds is 6. The molecule has 0 unspecified atom stereocenters. The molecule has 0 saturated heterocycles. The van der Waals surface area contributed by atoms with Crippen molar-refractivity contribution in [2.24, 2.45) is 0 Å². The molecule has 0 atom stereocenters. The van der Waals surface area contributed by atoms with Crippen LogP contribution in [0.5, 0.6) is 17.2 Å². The van der Waals surface area contributed by atoms with Crippen molar-refractivity contribution in [1.82, 2.24) is 9.97 Å². The van der Waals surface area contributed by atoms with E-state index in [0.29, 0.717) is 28.6 Å². The molecule has 0 aliphatic heterocycles. The lowest BCUT2D eigenvalue weighted by Gasteiger charge is -2.15. The van der Waals surface area contributed by atoms with E-state index in [1.807, 2.05) is 42.5 Å². The van der Waals surface area contributed by atoms with Crippen LogP contribution in [-0.4, -0.2) is 37.3 Å². The fourth-order valence-corrected chi connectivity index (χ4v) is 3.28. The van der Waals surface area contributed by atoms with Crippen LogP contribution in [0.15, 0.2) is 60.7 Å². The number of nitrogens with one attached hydrogen (secondary N) is 3. The highest BCUT2D eigenvalue weighted by atomic mass is 16.5. The van der Waals surface area contributed by atoms with Crippen LogP contribution in [0.1, 0.15) is 0 Å². The number of ether oxygens (including phenoxy) is 3. The topological polar surface area (TPSA) is 97.5 Å². The van der Waals surface area contributed by atoms with E-state index >= 15 is 0 Å². The van der Waals surface area contributed by atoms with Crippen molar-refractivity contribution in [1.29, 1.82) is 0 Å². The molecule has 4 rings (SSSR count). The molecular formula is C23H22N4O4. The lowest BCUT2D eigenvalue weighted by molar-refractivity contribution is 0.262. The van der Waals surface area contributed by atoms with Crippen LogP contribution in [0.3, 0.4) is 0 Å². The molecule has 158 valence electrons. The largest absolute Gasteiger partial charge is 0.493 e. The van der Waals surface area contributed by atoms with E-state index in [4.69, 9.17) is 14.2 Å². The highest BCUT2D eigenvalue weighted by molar-refractivity contribution is 6.00. The average Bonchev–Trinajstić information content (AvgIpc) is 3.23. The van der Waals surface area contributed by atoms with Gasteiger partial charge in [-0.2, -0.15) is 0 Å². The number of methoxy groups -OCH3 is 3. The Morgan fingerprint density at radius 1 is 0.839 bits per heavy atom. The van der Waals surface area contributed by atoms with Gasteiger partial charge in [-0.3, -0.25) is 0 Å². The second kappa shape index (κ2) is 8.66. The normalized spacial score (nSPS) is 10.5. The molecule has 0 aliphatic rings. The van der Waals surface area contributed by atoms with Crippen LogP contribution < -0.4 is 24.8 Å². The van der Waals surface area contributed by atoms with Gasteiger partial charge in [-0.25, -0.2) is 9.78 Å². The molecule has 3 aromatic carbocycles. The van der Waals surface area contributed by atoms with Gasteiger partial charge in [0.25, 0.3) is 0 Å². The average molecular weight is 418 g/mol. The number of urea groups is 1. The summed E-state index contributed by atoms with van der Waals surface area (Å²) < 4.78 is 15.9. The summed E-state index contributed by atoms with van der Waals surface area (Å²) in [6.07, 6.45) is 0. The zero-order valence-electron chi connectivity index (χ0n) is 17.4. The number of fused-ring (bicyclic) bond motifs is 1. The van der Waals surface area contributed by atoms with E-state index in [1.165, 1.54) is 21.3 Å². The van der Waals surface area contributed by atoms with Crippen molar-refractivity contribution in [3.05, 3.63) is 60.7 Å². The number of hydrogen-bond acceptors (Lipinski definition) is 5. The third-order valence-corrected chi connectivity index (χ3v) is 4.71. The lowest BCUT2D eigenvalue weighted by Crippen LogP contribution is -2.19. The minimum Gasteiger partial charge on any atom is -0.493 e.